The Morgan fingerprint density at radius 2 is 1.42 bits per heavy atom. The molecule has 1 aromatic carbocycles. The lowest BCUT2D eigenvalue weighted by Gasteiger charge is -2.08. The summed E-state index contributed by atoms with van der Waals surface area (Å²) >= 11 is 12.3. The Bertz CT molecular complexity index is 231. The summed E-state index contributed by atoms with van der Waals surface area (Å²) in [5.41, 5.74) is 1.59. The van der Waals surface area contributed by atoms with E-state index in [1.54, 1.807) is 0 Å². The molecule has 1 nitrogen and oxygen atoms in total. The van der Waals surface area contributed by atoms with Crippen molar-refractivity contribution in [1.82, 2.24) is 0 Å². The van der Waals surface area contributed by atoms with Crippen LogP contribution < -0.4 is 0 Å². The molecule has 12 heavy (non-hydrogen) atoms. The first-order chi connectivity index (χ1) is 5.46. The molecule has 0 heterocycles. The highest BCUT2D eigenvalue weighted by atomic mass is 79.9. The summed E-state index contributed by atoms with van der Waals surface area (Å²) < 4.78 is 1.06. The van der Waals surface area contributed by atoms with Crippen LogP contribution in [-0.2, 0) is 5.11 Å². The van der Waals surface area contributed by atoms with Crippen LogP contribution in [0.3, 0.4) is 0 Å². The SMILES string of the molecule is Cc1c(Cl)c(C)c(Br)c([O])c1Br. The van der Waals surface area contributed by atoms with E-state index in [1.807, 2.05) is 13.8 Å². The Hall–Kier alpha value is 0.270. The van der Waals surface area contributed by atoms with Crippen LogP contribution >= 0.6 is 43.5 Å². The Labute approximate surface area is 93.0 Å². The summed E-state index contributed by atoms with van der Waals surface area (Å²) in [4.78, 5) is 0. The average Bonchev–Trinajstić information content (AvgIpc) is 2.08. The highest BCUT2D eigenvalue weighted by molar-refractivity contribution is 9.11. The minimum Gasteiger partial charge on any atom is -0.287 e. The third-order valence-electron chi connectivity index (χ3n) is 1.72. The summed E-state index contributed by atoms with van der Waals surface area (Å²) in [6.07, 6.45) is 0. The monoisotopic (exact) mass is 311 g/mol. The van der Waals surface area contributed by atoms with E-state index in [-0.39, 0.29) is 5.75 Å². The number of halogens is 3. The second-order valence-corrected chi connectivity index (χ2v) is 4.49. The summed E-state index contributed by atoms with van der Waals surface area (Å²) in [6, 6.07) is 0. The maximum absolute atomic E-state index is 11.4. The fourth-order valence-electron chi connectivity index (χ4n) is 0.911. The van der Waals surface area contributed by atoms with E-state index in [0.29, 0.717) is 14.0 Å². The van der Waals surface area contributed by atoms with Gasteiger partial charge in [-0.25, -0.2) is 0 Å². The molecule has 1 aromatic rings. The molecule has 0 fully saturated rings. The van der Waals surface area contributed by atoms with E-state index in [2.05, 4.69) is 31.9 Å². The van der Waals surface area contributed by atoms with Crippen LogP contribution in [-0.4, -0.2) is 0 Å². The minimum absolute atomic E-state index is 0.0469. The Kier molecular flexibility index (Phi) is 3.07. The Morgan fingerprint density at radius 3 is 1.75 bits per heavy atom. The molecule has 0 bridgehead atoms. The highest BCUT2D eigenvalue weighted by Crippen LogP contribution is 2.42. The molecular weight excluding hydrogens is 307 g/mol. The molecule has 0 saturated carbocycles. The fourth-order valence-corrected chi connectivity index (χ4v) is 2.39. The summed E-state index contributed by atoms with van der Waals surface area (Å²) in [5.74, 6) is -0.0469. The number of hydrogen-bond acceptors (Lipinski definition) is 0. The fraction of sp³-hybridized carbons (Fsp3) is 0.250. The summed E-state index contributed by atoms with van der Waals surface area (Å²) in [7, 11) is 0. The predicted molar refractivity (Wildman–Crippen MR) is 56.5 cm³/mol. The van der Waals surface area contributed by atoms with Gasteiger partial charge in [-0.15, -0.1) is 0 Å². The molecule has 0 saturated heterocycles. The van der Waals surface area contributed by atoms with Crippen LogP contribution in [0.2, 0.25) is 5.02 Å². The molecule has 0 unspecified atom stereocenters. The van der Waals surface area contributed by atoms with Crippen molar-refractivity contribution in [1.29, 1.82) is 0 Å². The minimum atomic E-state index is -0.0469. The van der Waals surface area contributed by atoms with Crippen molar-refractivity contribution in [3.8, 4) is 5.75 Å². The molecule has 0 atom stereocenters. The standard InChI is InChI=1S/C8H6Br2ClO/c1-3-5(9)8(12)6(10)4(2)7(3)11/h1-2H3. The van der Waals surface area contributed by atoms with E-state index in [0.717, 1.165) is 11.1 Å². The van der Waals surface area contributed by atoms with Crippen LogP contribution in [0, 0.1) is 13.8 Å². The topological polar surface area (TPSA) is 19.9 Å². The van der Waals surface area contributed by atoms with Gasteiger partial charge >= 0.3 is 0 Å². The number of benzene rings is 1. The van der Waals surface area contributed by atoms with Gasteiger partial charge in [-0.1, -0.05) is 11.6 Å². The van der Waals surface area contributed by atoms with Crippen molar-refractivity contribution < 1.29 is 5.11 Å². The van der Waals surface area contributed by atoms with Crippen molar-refractivity contribution in [3.05, 3.63) is 25.1 Å². The molecule has 0 aliphatic carbocycles. The van der Waals surface area contributed by atoms with Crippen molar-refractivity contribution in [3.63, 3.8) is 0 Å². The van der Waals surface area contributed by atoms with Crippen molar-refractivity contribution in [2.75, 3.05) is 0 Å². The van der Waals surface area contributed by atoms with E-state index in [9.17, 15) is 5.11 Å². The maximum Gasteiger partial charge on any atom is 0.207 e. The van der Waals surface area contributed by atoms with Crippen LogP contribution in [0.1, 0.15) is 11.1 Å². The molecule has 0 N–H and O–H groups in total. The first-order valence-electron chi connectivity index (χ1n) is 3.27. The zero-order chi connectivity index (χ0) is 9.46. The van der Waals surface area contributed by atoms with Crippen LogP contribution in [0.5, 0.6) is 5.75 Å². The van der Waals surface area contributed by atoms with Crippen molar-refractivity contribution in [2.45, 2.75) is 13.8 Å². The van der Waals surface area contributed by atoms with Gasteiger partial charge in [0.25, 0.3) is 0 Å². The van der Waals surface area contributed by atoms with Gasteiger partial charge in [-0.3, -0.25) is 5.11 Å². The molecule has 0 aliphatic heterocycles. The normalized spacial score (nSPS) is 10.4. The van der Waals surface area contributed by atoms with Gasteiger partial charge < -0.3 is 0 Å². The predicted octanol–water partition coefficient (Wildman–Crippen LogP) is 4.63. The van der Waals surface area contributed by atoms with Crippen LogP contribution in [0.15, 0.2) is 8.95 Å². The summed E-state index contributed by atoms with van der Waals surface area (Å²) in [5, 5.41) is 12.0. The third-order valence-corrected chi connectivity index (χ3v) is 4.19. The second-order valence-electron chi connectivity index (χ2n) is 2.52. The lowest BCUT2D eigenvalue weighted by Crippen LogP contribution is -1.86. The quantitative estimate of drug-likeness (QED) is 0.666. The first-order valence-corrected chi connectivity index (χ1v) is 5.24. The number of hydrogen-bond donors (Lipinski definition) is 0. The molecule has 1 rings (SSSR count). The van der Waals surface area contributed by atoms with Gasteiger partial charge in [-0.05, 0) is 56.8 Å². The van der Waals surface area contributed by atoms with E-state index in [1.165, 1.54) is 0 Å². The number of rotatable bonds is 0. The van der Waals surface area contributed by atoms with Crippen molar-refractivity contribution >= 4 is 43.5 Å². The lowest BCUT2D eigenvalue weighted by molar-refractivity contribution is 0.348. The third kappa shape index (κ3) is 1.50. The molecule has 4 heteroatoms. The lowest BCUT2D eigenvalue weighted by atomic mass is 10.1. The van der Waals surface area contributed by atoms with E-state index >= 15 is 0 Å². The van der Waals surface area contributed by atoms with Crippen molar-refractivity contribution in [2.24, 2.45) is 0 Å². The van der Waals surface area contributed by atoms with Gasteiger partial charge in [0.1, 0.15) is 0 Å². The van der Waals surface area contributed by atoms with Gasteiger partial charge in [0.05, 0.1) is 8.95 Å². The first kappa shape index (κ1) is 10.4. The van der Waals surface area contributed by atoms with E-state index in [4.69, 9.17) is 11.6 Å². The Morgan fingerprint density at radius 1 is 1.08 bits per heavy atom. The zero-order valence-corrected chi connectivity index (χ0v) is 10.5. The zero-order valence-electron chi connectivity index (χ0n) is 6.54. The smallest absolute Gasteiger partial charge is 0.207 e. The van der Waals surface area contributed by atoms with Gasteiger partial charge in [-0.2, -0.15) is 0 Å². The highest BCUT2D eigenvalue weighted by Gasteiger charge is 2.15. The average molecular weight is 313 g/mol. The largest absolute Gasteiger partial charge is 0.287 e. The van der Waals surface area contributed by atoms with Gasteiger partial charge in [0, 0.05) is 5.02 Å². The van der Waals surface area contributed by atoms with Gasteiger partial charge in [0.2, 0.25) is 5.75 Å². The molecular formula is C8H6Br2ClO. The second kappa shape index (κ2) is 3.56. The molecule has 0 aromatic heterocycles. The van der Waals surface area contributed by atoms with Crippen LogP contribution in [0.25, 0.3) is 0 Å². The molecule has 0 aliphatic rings. The maximum atomic E-state index is 11.4. The Balaban J connectivity index is 3.60. The molecule has 0 spiro atoms. The van der Waals surface area contributed by atoms with E-state index < -0.39 is 0 Å². The van der Waals surface area contributed by atoms with Crippen LogP contribution in [0.4, 0.5) is 0 Å². The summed E-state index contributed by atoms with van der Waals surface area (Å²) in [6.45, 7) is 3.63. The molecule has 1 radical (unpaired) electrons. The van der Waals surface area contributed by atoms with Gasteiger partial charge in [0.15, 0.2) is 0 Å². The molecule has 65 valence electrons. The molecule has 0 amide bonds.